The SMILES string of the molecule is NS(=O)(=O)c1ccc(N2C(=O)/C(=C\c3ccc(F)cc3)N=C2c2ccccc2)cc1. The van der Waals surface area contributed by atoms with E-state index in [2.05, 4.69) is 4.99 Å². The molecule has 1 aliphatic heterocycles. The molecule has 0 fully saturated rings. The lowest BCUT2D eigenvalue weighted by molar-refractivity contribution is -0.113. The van der Waals surface area contributed by atoms with Crippen molar-refractivity contribution in [2.75, 3.05) is 4.90 Å². The predicted octanol–water partition coefficient (Wildman–Crippen LogP) is 3.31. The third-order valence-electron chi connectivity index (χ3n) is 4.49. The second-order valence-corrected chi connectivity index (χ2v) is 8.12. The lowest BCUT2D eigenvalue weighted by Gasteiger charge is -2.18. The molecular weight excluding hydrogens is 405 g/mol. The molecule has 1 heterocycles. The Hall–Kier alpha value is -3.62. The Bertz CT molecular complexity index is 1270. The van der Waals surface area contributed by atoms with Crippen LogP contribution >= 0.6 is 0 Å². The summed E-state index contributed by atoms with van der Waals surface area (Å²) in [5, 5.41) is 5.16. The maximum Gasteiger partial charge on any atom is 0.282 e. The molecule has 3 aromatic carbocycles. The van der Waals surface area contributed by atoms with Crippen molar-refractivity contribution in [2.45, 2.75) is 4.90 Å². The summed E-state index contributed by atoms with van der Waals surface area (Å²) in [4.78, 5) is 19.0. The number of amides is 1. The van der Waals surface area contributed by atoms with Gasteiger partial charge in [-0.3, -0.25) is 9.69 Å². The van der Waals surface area contributed by atoms with Crippen molar-refractivity contribution in [1.29, 1.82) is 0 Å². The molecule has 0 aromatic heterocycles. The highest BCUT2D eigenvalue weighted by atomic mass is 32.2. The number of hydrogen-bond acceptors (Lipinski definition) is 4. The number of amidine groups is 1. The number of halogens is 1. The van der Waals surface area contributed by atoms with E-state index >= 15 is 0 Å². The summed E-state index contributed by atoms with van der Waals surface area (Å²) in [5.74, 6) is -0.362. The van der Waals surface area contributed by atoms with Crippen molar-refractivity contribution < 1.29 is 17.6 Å². The van der Waals surface area contributed by atoms with Gasteiger partial charge in [-0.25, -0.2) is 22.9 Å². The van der Waals surface area contributed by atoms with Gasteiger partial charge in [0, 0.05) is 5.56 Å². The van der Waals surface area contributed by atoms with Crippen LogP contribution in [0.25, 0.3) is 6.08 Å². The molecule has 0 saturated heterocycles. The predicted molar refractivity (Wildman–Crippen MR) is 113 cm³/mol. The van der Waals surface area contributed by atoms with Crippen molar-refractivity contribution in [3.05, 3.63) is 102 Å². The Balaban J connectivity index is 1.79. The molecule has 30 heavy (non-hydrogen) atoms. The number of primary sulfonamides is 1. The van der Waals surface area contributed by atoms with Gasteiger partial charge in [0.2, 0.25) is 10.0 Å². The van der Waals surface area contributed by atoms with E-state index in [1.54, 1.807) is 18.2 Å². The first kappa shape index (κ1) is 19.7. The first-order valence-corrected chi connectivity index (χ1v) is 10.5. The van der Waals surface area contributed by atoms with Gasteiger partial charge in [-0.1, -0.05) is 42.5 Å². The van der Waals surface area contributed by atoms with Gasteiger partial charge in [0.15, 0.2) is 0 Å². The number of benzene rings is 3. The quantitative estimate of drug-likeness (QED) is 0.655. The fourth-order valence-electron chi connectivity index (χ4n) is 3.04. The van der Waals surface area contributed by atoms with Crippen molar-refractivity contribution in [2.24, 2.45) is 10.1 Å². The van der Waals surface area contributed by atoms with Crippen molar-refractivity contribution in [3.8, 4) is 0 Å². The summed E-state index contributed by atoms with van der Waals surface area (Å²) < 4.78 is 36.3. The second-order valence-electron chi connectivity index (χ2n) is 6.56. The van der Waals surface area contributed by atoms with E-state index in [4.69, 9.17) is 5.14 Å². The molecule has 0 bridgehead atoms. The second kappa shape index (κ2) is 7.66. The topological polar surface area (TPSA) is 92.8 Å². The third kappa shape index (κ3) is 3.91. The van der Waals surface area contributed by atoms with Crippen molar-refractivity contribution in [3.63, 3.8) is 0 Å². The molecule has 150 valence electrons. The minimum Gasteiger partial charge on any atom is -0.266 e. The first-order chi connectivity index (χ1) is 14.3. The van der Waals surface area contributed by atoms with Crippen LogP contribution in [-0.4, -0.2) is 20.2 Å². The Morgan fingerprint density at radius 2 is 1.53 bits per heavy atom. The number of sulfonamides is 1. The third-order valence-corrected chi connectivity index (χ3v) is 5.42. The number of nitrogens with zero attached hydrogens (tertiary/aromatic N) is 2. The number of hydrogen-bond donors (Lipinski definition) is 1. The molecule has 0 saturated carbocycles. The molecule has 6 nitrogen and oxygen atoms in total. The number of nitrogens with two attached hydrogens (primary N) is 1. The monoisotopic (exact) mass is 421 g/mol. The maximum absolute atomic E-state index is 13.2. The molecule has 0 unspecified atom stereocenters. The average Bonchev–Trinajstić information content (AvgIpc) is 3.06. The largest absolute Gasteiger partial charge is 0.282 e. The van der Waals surface area contributed by atoms with Crippen LogP contribution in [-0.2, 0) is 14.8 Å². The van der Waals surface area contributed by atoms with Gasteiger partial charge >= 0.3 is 0 Å². The van der Waals surface area contributed by atoms with E-state index in [-0.39, 0.29) is 22.3 Å². The highest BCUT2D eigenvalue weighted by molar-refractivity contribution is 7.89. The number of carbonyl (C=O) groups is 1. The van der Waals surface area contributed by atoms with Gasteiger partial charge < -0.3 is 0 Å². The molecular formula is C22H16FN3O3S. The van der Waals surface area contributed by atoms with Crippen LogP contribution in [0.4, 0.5) is 10.1 Å². The highest BCUT2D eigenvalue weighted by Crippen LogP contribution is 2.28. The number of rotatable bonds is 4. The standard InChI is InChI=1S/C22H16FN3O3S/c23-17-8-6-15(7-9-17)14-20-22(27)26(21(25-20)16-4-2-1-3-5-16)18-10-12-19(13-11-18)30(24,28)29/h1-14H,(H2,24,28,29)/b20-14+. The Kier molecular flexibility index (Phi) is 5.03. The lowest BCUT2D eigenvalue weighted by atomic mass is 10.1. The lowest BCUT2D eigenvalue weighted by Crippen LogP contribution is -2.32. The van der Waals surface area contributed by atoms with E-state index in [1.165, 1.54) is 41.3 Å². The average molecular weight is 421 g/mol. The van der Waals surface area contributed by atoms with Crippen LogP contribution in [0.15, 0.2) is 94.4 Å². The fraction of sp³-hybridized carbons (Fsp3) is 0. The minimum atomic E-state index is -3.85. The van der Waals surface area contributed by atoms with E-state index in [0.717, 1.165) is 0 Å². The zero-order valence-electron chi connectivity index (χ0n) is 15.6. The summed E-state index contributed by atoms with van der Waals surface area (Å²) in [6.45, 7) is 0. The van der Waals surface area contributed by atoms with Gasteiger partial charge in [-0.05, 0) is 48.0 Å². The maximum atomic E-state index is 13.2. The summed E-state index contributed by atoms with van der Waals surface area (Å²) in [6.07, 6.45) is 1.57. The van der Waals surface area contributed by atoms with Crippen LogP contribution in [0, 0.1) is 5.82 Å². The Morgan fingerprint density at radius 3 is 2.13 bits per heavy atom. The molecule has 0 radical (unpaired) electrons. The first-order valence-electron chi connectivity index (χ1n) is 8.92. The molecule has 1 amide bonds. The molecule has 4 rings (SSSR count). The van der Waals surface area contributed by atoms with Crippen molar-refractivity contribution >= 4 is 33.5 Å². The summed E-state index contributed by atoms with van der Waals surface area (Å²) in [7, 11) is -3.85. The van der Waals surface area contributed by atoms with E-state index in [9.17, 15) is 17.6 Å². The van der Waals surface area contributed by atoms with Crippen LogP contribution in [0.5, 0.6) is 0 Å². The van der Waals surface area contributed by atoms with Gasteiger partial charge in [-0.15, -0.1) is 0 Å². The summed E-state index contributed by atoms with van der Waals surface area (Å²) >= 11 is 0. The zero-order chi connectivity index (χ0) is 21.3. The minimum absolute atomic E-state index is 0.0572. The van der Waals surface area contributed by atoms with E-state index < -0.39 is 10.0 Å². The zero-order valence-corrected chi connectivity index (χ0v) is 16.4. The van der Waals surface area contributed by atoms with Gasteiger partial charge in [0.25, 0.3) is 5.91 Å². The molecule has 8 heteroatoms. The van der Waals surface area contributed by atoms with Gasteiger partial charge in [-0.2, -0.15) is 0 Å². The van der Waals surface area contributed by atoms with Crippen LogP contribution in [0.3, 0.4) is 0 Å². The molecule has 0 spiro atoms. The number of aliphatic imine (C=N–C) groups is 1. The molecule has 0 atom stereocenters. The Morgan fingerprint density at radius 1 is 0.900 bits per heavy atom. The van der Waals surface area contributed by atoms with E-state index in [1.807, 2.05) is 30.3 Å². The fourth-order valence-corrected chi connectivity index (χ4v) is 3.55. The normalized spacial score (nSPS) is 15.5. The molecule has 1 aliphatic rings. The van der Waals surface area contributed by atoms with Crippen LogP contribution < -0.4 is 10.0 Å². The summed E-state index contributed by atoms with van der Waals surface area (Å²) in [6, 6.07) is 20.5. The smallest absolute Gasteiger partial charge is 0.266 e. The van der Waals surface area contributed by atoms with Crippen LogP contribution in [0.1, 0.15) is 11.1 Å². The Labute approximate surface area is 172 Å². The van der Waals surface area contributed by atoms with Gasteiger partial charge in [0.1, 0.15) is 17.3 Å². The highest BCUT2D eigenvalue weighted by Gasteiger charge is 2.32. The van der Waals surface area contributed by atoms with Crippen molar-refractivity contribution in [1.82, 2.24) is 0 Å². The number of anilines is 1. The van der Waals surface area contributed by atoms with E-state index in [0.29, 0.717) is 22.6 Å². The van der Waals surface area contributed by atoms with Gasteiger partial charge in [0.05, 0.1) is 10.6 Å². The summed E-state index contributed by atoms with van der Waals surface area (Å²) in [5.41, 5.74) is 1.96. The molecule has 2 N–H and O–H groups in total. The molecule has 0 aliphatic carbocycles. The molecule has 3 aromatic rings. The van der Waals surface area contributed by atoms with Crippen LogP contribution in [0.2, 0.25) is 0 Å². The number of carbonyl (C=O) groups excluding carboxylic acids is 1.